The van der Waals surface area contributed by atoms with Crippen LogP contribution in [0.15, 0.2) is 52.5 Å². The molecule has 1 aliphatic rings. The van der Waals surface area contributed by atoms with Crippen molar-refractivity contribution in [2.24, 2.45) is 5.92 Å². The van der Waals surface area contributed by atoms with Gasteiger partial charge in [-0.05, 0) is 43.0 Å². The lowest BCUT2D eigenvalue weighted by atomic mass is 9.99. The smallest absolute Gasteiger partial charge is 0.244 e. The van der Waals surface area contributed by atoms with Crippen molar-refractivity contribution in [2.75, 3.05) is 33.9 Å². The van der Waals surface area contributed by atoms with Crippen molar-refractivity contribution in [3.05, 3.63) is 42.7 Å². The zero-order chi connectivity index (χ0) is 21.8. The number of hydrogen-bond donors (Lipinski definition) is 1. The molecule has 2 aromatic rings. The van der Waals surface area contributed by atoms with Crippen molar-refractivity contribution in [3.63, 3.8) is 0 Å². The van der Waals surface area contributed by atoms with Crippen LogP contribution in [0.2, 0.25) is 0 Å². The molecule has 30 heavy (non-hydrogen) atoms. The molecule has 0 spiro atoms. The standard InChI is InChI=1S/C19H25N3O6S2/c1-27-16-5-6-19(18(12-16)28-2)29(23,24)21-13-15-7-10-22(11-8-15)30(25,26)17-4-3-9-20-14-17/h3-6,9,12,14-15,21H,7-8,10-11,13H2,1-2H3. The SMILES string of the molecule is COc1ccc(S(=O)(=O)NCC2CCN(S(=O)(=O)c3cccnc3)CC2)c(OC)c1. The third kappa shape index (κ3) is 4.91. The number of piperidine rings is 1. The van der Waals surface area contributed by atoms with Gasteiger partial charge in [0.15, 0.2) is 0 Å². The Morgan fingerprint density at radius 3 is 2.43 bits per heavy atom. The van der Waals surface area contributed by atoms with Gasteiger partial charge in [0.1, 0.15) is 21.3 Å². The molecule has 1 aromatic heterocycles. The fourth-order valence-electron chi connectivity index (χ4n) is 3.30. The lowest BCUT2D eigenvalue weighted by Gasteiger charge is -2.31. The van der Waals surface area contributed by atoms with Gasteiger partial charge in [-0.1, -0.05) is 0 Å². The van der Waals surface area contributed by atoms with E-state index in [1.165, 1.54) is 49.1 Å². The van der Waals surface area contributed by atoms with E-state index in [2.05, 4.69) is 9.71 Å². The van der Waals surface area contributed by atoms with Crippen molar-refractivity contribution in [1.29, 1.82) is 0 Å². The van der Waals surface area contributed by atoms with E-state index < -0.39 is 20.0 Å². The summed E-state index contributed by atoms with van der Waals surface area (Å²) in [7, 11) is -4.48. The van der Waals surface area contributed by atoms with Gasteiger partial charge in [-0.25, -0.2) is 21.6 Å². The number of aromatic nitrogens is 1. The molecule has 3 rings (SSSR count). The van der Waals surface area contributed by atoms with Crippen LogP contribution in [0, 0.1) is 5.92 Å². The first-order valence-corrected chi connectivity index (χ1v) is 12.3. The van der Waals surface area contributed by atoms with Crippen LogP contribution in [0.25, 0.3) is 0 Å². The van der Waals surface area contributed by atoms with Gasteiger partial charge in [0.05, 0.1) is 14.2 Å². The molecule has 1 N–H and O–H groups in total. The van der Waals surface area contributed by atoms with Gasteiger partial charge in [-0.2, -0.15) is 4.31 Å². The summed E-state index contributed by atoms with van der Waals surface area (Å²) in [5.41, 5.74) is 0. The normalized spacial score (nSPS) is 16.3. The van der Waals surface area contributed by atoms with Crippen LogP contribution in [-0.4, -0.2) is 60.0 Å². The molecule has 0 bridgehead atoms. The van der Waals surface area contributed by atoms with E-state index in [0.717, 1.165) is 0 Å². The van der Waals surface area contributed by atoms with Crippen LogP contribution in [0.1, 0.15) is 12.8 Å². The molecule has 0 atom stereocenters. The minimum Gasteiger partial charge on any atom is -0.497 e. The highest BCUT2D eigenvalue weighted by molar-refractivity contribution is 7.89. The summed E-state index contributed by atoms with van der Waals surface area (Å²) in [5, 5.41) is 0. The minimum atomic E-state index is -3.78. The lowest BCUT2D eigenvalue weighted by molar-refractivity contribution is 0.274. The van der Waals surface area contributed by atoms with Crippen LogP contribution in [0.3, 0.4) is 0 Å². The second kappa shape index (κ2) is 9.29. The Morgan fingerprint density at radius 2 is 1.83 bits per heavy atom. The number of benzene rings is 1. The molecule has 2 heterocycles. The number of hydrogen-bond acceptors (Lipinski definition) is 7. The van der Waals surface area contributed by atoms with Crippen molar-refractivity contribution in [3.8, 4) is 11.5 Å². The van der Waals surface area contributed by atoms with Crippen LogP contribution >= 0.6 is 0 Å². The Morgan fingerprint density at radius 1 is 1.10 bits per heavy atom. The maximum atomic E-state index is 12.7. The summed E-state index contributed by atoms with van der Waals surface area (Å²) in [6.45, 7) is 0.878. The molecule has 0 unspecified atom stereocenters. The maximum Gasteiger partial charge on any atom is 0.244 e. The zero-order valence-corrected chi connectivity index (χ0v) is 18.4. The predicted octanol–water partition coefficient (Wildman–Crippen LogP) is 1.48. The van der Waals surface area contributed by atoms with E-state index in [1.54, 1.807) is 12.1 Å². The second-order valence-corrected chi connectivity index (χ2v) is 10.6. The molecule has 1 fully saturated rings. The number of ether oxygens (including phenoxy) is 2. The van der Waals surface area contributed by atoms with Crippen molar-refractivity contribution < 1.29 is 26.3 Å². The summed E-state index contributed by atoms with van der Waals surface area (Å²) < 4.78 is 65.1. The fourth-order valence-corrected chi connectivity index (χ4v) is 6.00. The summed E-state index contributed by atoms with van der Waals surface area (Å²) in [6.07, 6.45) is 3.97. The first kappa shape index (κ1) is 22.5. The van der Waals surface area contributed by atoms with Gasteiger partial charge in [-0.15, -0.1) is 0 Å². The van der Waals surface area contributed by atoms with Gasteiger partial charge in [0.25, 0.3) is 0 Å². The highest BCUT2D eigenvalue weighted by Gasteiger charge is 2.30. The van der Waals surface area contributed by atoms with Gasteiger partial charge in [-0.3, -0.25) is 4.98 Å². The summed E-state index contributed by atoms with van der Waals surface area (Å²) in [6, 6.07) is 7.60. The van der Waals surface area contributed by atoms with Crippen molar-refractivity contribution in [1.82, 2.24) is 14.0 Å². The molecule has 11 heteroatoms. The number of pyridine rings is 1. The summed E-state index contributed by atoms with van der Waals surface area (Å²) in [5.74, 6) is 0.719. The Labute approximate surface area is 177 Å². The third-order valence-corrected chi connectivity index (χ3v) is 8.41. The Hall–Kier alpha value is -2.21. The van der Waals surface area contributed by atoms with E-state index >= 15 is 0 Å². The molecule has 0 radical (unpaired) electrons. The first-order chi connectivity index (χ1) is 14.3. The van der Waals surface area contributed by atoms with E-state index in [9.17, 15) is 16.8 Å². The quantitative estimate of drug-likeness (QED) is 0.641. The lowest BCUT2D eigenvalue weighted by Crippen LogP contribution is -2.41. The maximum absolute atomic E-state index is 12.7. The topological polar surface area (TPSA) is 115 Å². The van der Waals surface area contributed by atoms with E-state index in [0.29, 0.717) is 31.7 Å². The third-order valence-electron chi connectivity index (χ3n) is 5.07. The van der Waals surface area contributed by atoms with Crippen molar-refractivity contribution in [2.45, 2.75) is 22.6 Å². The summed E-state index contributed by atoms with van der Waals surface area (Å²) >= 11 is 0. The Balaban J connectivity index is 1.61. The largest absolute Gasteiger partial charge is 0.497 e. The van der Waals surface area contributed by atoms with E-state index in [-0.39, 0.29) is 28.0 Å². The van der Waals surface area contributed by atoms with Crippen LogP contribution in [-0.2, 0) is 20.0 Å². The minimum absolute atomic E-state index is 0.0300. The molecule has 1 aromatic carbocycles. The highest BCUT2D eigenvalue weighted by atomic mass is 32.2. The Bertz CT molecular complexity index is 1070. The first-order valence-electron chi connectivity index (χ1n) is 9.40. The fraction of sp³-hybridized carbons (Fsp3) is 0.421. The monoisotopic (exact) mass is 455 g/mol. The van der Waals surface area contributed by atoms with Gasteiger partial charge < -0.3 is 9.47 Å². The van der Waals surface area contributed by atoms with E-state index in [4.69, 9.17) is 9.47 Å². The molecule has 9 nitrogen and oxygen atoms in total. The molecular weight excluding hydrogens is 430 g/mol. The van der Waals surface area contributed by atoms with Gasteiger partial charge in [0.2, 0.25) is 20.0 Å². The molecule has 0 amide bonds. The molecular formula is C19H25N3O6S2. The average molecular weight is 456 g/mol. The molecule has 164 valence electrons. The molecule has 0 saturated carbocycles. The van der Waals surface area contributed by atoms with Gasteiger partial charge in [0, 0.05) is 38.1 Å². The van der Waals surface area contributed by atoms with Crippen LogP contribution in [0.4, 0.5) is 0 Å². The molecule has 1 aliphatic heterocycles. The number of sulfonamides is 2. The predicted molar refractivity (Wildman–Crippen MR) is 110 cm³/mol. The van der Waals surface area contributed by atoms with Crippen molar-refractivity contribution >= 4 is 20.0 Å². The van der Waals surface area contributed by atoms with Gasteiger partial charge >= 0.3 is 0 Å². The molecule has 1 saturated heterocycles. The second-order valence-electron chi connectivity index (χ2n) is 6.90. The number of nitrogens with zero attached hydrogens (tertiary/aromatic N) is 2. The van der Waals surface area contributed by atoms with E-state index in [1.807, 2.05) is 0 Å². The number of rotatable bonds is 8. The average Bonchev–Trinajstić information content (AvgIpc) is 2.78. The summed E-state index contributed by atoms with van der Waals surface area (Å²) in [4.78, 5) is 4.06. The molecule has 0 aliphatic carbocycles. The zero-order valence-electron chi connectivity index (χ0n) is 16.8. The van der Waals surface area contributed by atoms with Crippen LogP contribution in [0.5, 0.6) is 11.5 Å². The van der Waals surface area contributed by atoms with Crippen LogP contribution < -0.4 is 14.2 Å². The number of nitrogens with one attached hydrogen (secondary N) is 1. The number of methoxy groups -OCH3 is 2. The highest BCUT2D eigenvalue weighted by Crippen LogP contribution is 2.29. The Kier molecular flexibility index (Phi) is 6.96.